The second-order valence-electron chi connectivity index (χ2n) is 5.80. The molecule has 0 aromatic carbocycles. The van der Waals surface area contributed by atoms with Gasteiger partial charge in [0.2, 0.25) is 10.0 Å². The number of hydrogen-bond donors (Lipinski definition) is 2. The third-order valence-electron chi connectivity index (χ3n) is 4.07. The van der Waals surface area contributed by atoms with E-state index in [1.807, 2.05) is 0 Å². The highest BCUT2D eigenvalue weighted by molar-refractivity contribution is 7.89. The number of piperidine rings is 1. The first-order valence-corrected chi connectivity index (χ1v) is 8.63. The van der Waals surface area contributed by atoms with Crippen LogP contribution in [-0.4, -0.2) is 79.9 Å². The zero-order valence-corrected chi connectivity index (χ0v) is 12.5. The van der Waals surface area contributed by atoms with E-state index in [9.17, 15) is 13.5 Å². The van der Waals surface area contributed by atoms with Crippen molar-refractivity contribution in [3.63, 3.8) is 0 Å². The molecular formula is C12H25N3O3S. The molecule has 0 bridgehead atoms. The summed E-state index contributed by atoms with van der Waals surface area (Å²) in [4.78, 5) is 2.19. The molecule has 0 atom stereocenters. The fraction of sp³-hybridized carbons (Fsp3) is 1.00. The lowest BCUT2D eigenvalue weighted by Gasteiger charge is -2.35. The van der Waals surface area contributed by atoms with Gasteiger partial charge in [0.15, 0.2) is 0 Å². The van der Waals surface area contributed by atoms with Crippen molar-refractivity contribution < 1.29 is 13.5 Å². The Morgan fingerprint density at radius 3 is 2.32 bits per heavy atom. The second-order valence-corrected chi connectivity index (χ2v) is 7.89. The topological polar surface area (TPSA) is 72.9 Å². The molecule has 2 aliphatic heterocycles. The Morgan fingerprint density at radius 2 is 1.74 bits per heavy atom. The van der Waals surface area contributed by atoms with Gasteiger partial charge in [0.05, 0.1) is 11.4 Å². The summed E-state index contributed by atoms with van der Waals surface area (Å²) in [6.45, 7) is 6.98. The van der Waals surface area contributed by atoms with Gasteiger partial charge in [0.1, 0.15) is 0 Å². The molecule has 0 spiro atoms. The molecule has 112 valence electrons. The van der Waals surface area contributed by atoms with Gasteiger partial charge >= 0.3 is 0 Å². The smallest absolute Gasteiger partial charge is 0.215 e. The Balaban J connectivity index is 1.81. The lowest BCUT2D eigenvalue weighted by molar-refractivity contribution is 0.0125. The van der Waals surface area contributed by atoms with E-state index in [0.29, 0.717) is 32.5 Å². The summed E-state index contributed by atoms with van der Waals surface area (Å²) in [5.41, 5.74) is -0.704. The van der Waals surface area contributed by atoms with Crippen LogP contribution in [-0.2, 0) is 10.0 Å². The second kappa shape index (κ2) is 6.05. The molecule has 7 heteroatoms. The standard InChI is InChI=1S/C12H25N3O3S/c1-12(16)2-6-15(7-3-12)19(17,18)11-10-14-8-4-13-5-9-14/h13,16H,2-11H2,1H3. The van der Waals surface area contributed by atoms with Crippen LogP contribution >= 0.6 is 0 Å². The Hall–Kier alpha value is -0.210. The Labute approximate surface area is 115 Å². The molecule has 0 unspecified atom stereocenters. The number of hydrogen-bond acceptors (Lipinski definition) is 5. The zero-order chi connectivity index (χ0) is 13.9. The van der Waals surface area contributed by atoms with E-state index in [-0.39, 0.29) is 5.75 Å². The first kappa shape index (κ1) is 15.2. The molecule has 0 amide bonds. The molecule has 0 aliphatic carbocycles. The van der Waals surface area contributed by atoms with Crippen molar-refractivity contribution in [3.05, 3.63) is 0 Å². The third kappa shape index (κ3) is 4.39. The molecule has 2 saturated heterocycles. The zero-order valence-electron chi connectivity index (χ0n) is 11.6. The minimum Gasteiger partial charge on any atom is -0.390 e. The molecule has 19 heavy (non-hydrogen) atoms. The van der Waals surface area contributed by atoms with Crippen molar-refractivity contribution >= 4 is 10.0 Å². The van der Waals surface area contributed by atoms with Gasteiger partial charge in [-0.2, -0.15) is 0 Å². The molecule has 2 heterocycles. The van der Waals surface area contributed by atoms with Crippen LogP contribution in [0, 0.1) is 0 Å². The molecule has 0 saturated carbocycles. The van der Waals surface area contributed by atoms with E-state index in [1.165, 1.54) is 4.31 Å². The summed E-state index contributed by atoms with van der Waals surface area (Å²) in [6.07, 6.45) is 1.06. The number of sulfonamides is 1. The predicted molar refractivity (Wildman–Crippen MR) is 74.5 cm³/mol. The average Bonchev–Trinajstić information content (AvgIpc) is 2.37. The lowest BCUT2D eigenvalue weighted by Crippen LogP contribution is -2.49. The summed E-state index contributed by atoms with van der Waals surface area (Å²) in [5, 5.41) is 13.1. The van der Waals surface area contributed by atoms with E-state index in [0.717, 1.165) is 26.2 Å². The summed E-state index contributed by atoms with van der Waals surface area (Å²) in [5.74, 6) is 0.190. The lowest BCUT2D eigenvalue weighted by atomic mass is 9.95. The van der Waals surface area contributed by atoms with Crippen LogP contribution in [0.2, 0.25) is 0 Å². The molecule has 2 N–H and O–H groups in total. The van der Waals surface area contributed by atoms with Crippen LogP contribution in [0.5, 0.6) is 0 Å². The van der Waals surface area contributed by atoms with Gasteiger partial charge in [-0.1, -0.05) is 0 Å². The maximum absolute atomic E-state index is 12.2. The summed E-state index contributed by atoms with van der Waals surface area (Å²) >= 11 is 0. The summed E-state index contributed by atoms with van der Waals surface area (Å²) < 4.78 is 26.0. The quantitative estimate of drug-likeness (QED) is 0.700. The van der Waals surface area contributed by atoms with Crippen molar-refractivity contribution in [2.24, 2.45) is 0 Å². The molecular weight excluding hydrogens is 266 g/mol. The van der Waals surface area contributed by atoms with Crippen molar-refractivity contribution in [1.82, 2.24) is 14.5 Å². The van der Waals surface area contributed by atoms with Gasteiger partial charge in [0, 0.05) is 45.8 Å². The highest BCUT2D eigenvalue weighted by atomic mass is 32.2. The normalized spacial score (nSPS) is 26.4. The maximum Gasteiger partial charge on any atom is 0.215 e. The maximum atomic E-state index is 12.2. The first-order chi connectivity index (χ1) is 8.89. The molecule has 2 fully saturated rings. The third-order valence-corrected chi connectivity index (χ3v) is 5.92. The fourth-order valence-corrected chi connectivity index (χ4v) is 4.04. The van der Waals surface area contributed by atoms with Crippen LogP contribution in [0.25, 0.3) is 0 Å². The largest absolute Gasteiger partial charge is 0.390 e. The van der Waals surface area contributed by atoms with Crippen LogP contribution in [0.4, 0.5) is 0 Å². The number of aliphatic hydroxyl groups is 1. The highest BCUT2D eigenvalue weighted by Gasteiger charge is 2.33. The summed E-state index contributed by atoms with van der Waals surface area (Å²) in [7, 11) is -3.17. The molecule has 2 aliphatic rings. The minimum atomic E-state index is -3.17. The van der Waals surface area contributed by atoms with E-state index in [4.69, 9.17) is 0 Å². The SMILES string of the molecule is CC1(O)CCN(S(=O)(=O)CCN2CCNCC2)CC1. The van der Waals surface area contributed by atoms with Crippen molar-refractivity contribution in [2.75, 3.05) is 51.6 Å². The number of piperazine rings is 1. The van der Waals surface area contributed by atoms with Crippen LogP contribution < -0.4 is 5.32 Å². The van der Waals surface area contributed by atoms with E-state index < -0.39 is 15.6 Å². The van der Waals surface area contributed by atoms with Crippen molar-refractivity contribution in [2.45, 2.75) is 25.4 Å². The minimum absolute atomic E-state index is 0.190. The van der Waals surface area contributed by atoms with Gasteiger partial charge in [-0.15, -0.1) is 0 Å². The van der Waals surface area contributed by atoms with Crippen LogP contribution in [0.3, 0.4) is 0 Å². The Morgan fingerprint density at radius 1 is 1.16 bits per heavy atom. The Kier molecular flexibility index (Phi) is 4.84. The average molecular weight is 291 g/mol. The van der Waals surface area contributed by atoms with Gasteiger partial charge < -0.3 is 10.4 Å². The number of nitrogens with one attached hydrogen (secondary N) is 1. The number of nitrogens with zero attached hydrogens (tertiary/aromatic N) is 2. The van der Waals surface area contributed by atoms with Gasteiger partial charge in [-0.25, -0.2) is 12.7 Å². The van der Waals surface area contributed by atoms with Gasteiger partial charge in [0.25, 0.3) is 0 Å². The highest BCUT2D eigenvalue weighted by Crippen LogP contribution is 2.23. The number of rotatable bonds is 4. The van der Waals surface area contributed by atoms with E-state index in [1.54, 1.807) is 6.92 Å². The fourth-order valence-electron chi connectivity index (χ4n) is 2.55. The van der Waals surface area contributed by atoms with Crippen LogP contribution in [0.1, 0.15) is 19.8 Å². The van der Waals surface area contributed by atoms with Gasteiger partial charge in [-0.05, 0) is 19.8 Å². The van der Waals surface area contributed by atoms with Gasteiger partial charge in [-0.3, -0.25) is 4.90 Å². The van der Waals surface area contributed by atoms with Crippen molar-refractivity contribution in [1.29, 1.82) is 0 Å². The van der Waals surface area contributed by atoms with Crippen LogP contribution in [0.15, 0.2) is 0 Å². The van der Waals surface area contributed by atoms with E-state index >= 15 is 0 Å². The molecule has 2 rings (SSSR count). The molecule has 0 aromatic heterocycles. The molecule has 0 aromatic rings. The molecule has 6 nitrogen and oxygen atoms in total. The summed E-state index contributed by atoms with van der Waals surface area (Å²) in [6, 6.07) is 0. The van der Waals surface area contributed by atoms with E-state index in [2.05, 4.69) is 10.2 Å². The van der Waals surface area contributed by atoms with Crippen molar-refractivity contribution in [3.8, 4) is 0 Å². The predicted octanol–water partition coefficient (Wildman–Crippen LogP) is -0.932. The monoisotopic (exact) mass is 291 g/mol. The molecule has 0 radical (unpaired) electrons. The Bertz CT molecular complexity index is 381. The first-order valence-electron chi connectivity index (χ1n) is 7.02.